The van der Waals surface area contributed by atoms with Crippen molar-refractivity contribution >= 4 is 20.7 Å². The first-order valence-corrected chi connectivity index (χ1v) is 8.65. The summed E-state index contributed by atoms with van der Waals surface area (Å²) >= 11 is 0. The average molecular weight is 363 g/mol. The van der Waals surface area contributed by atoms with Crippen LogP contribution >= 0.6 is 0 Å². The fraction of sp³-hybridized carbons (Fsp3) is 0.118. The molecule has 0 radical (unpaired) electrons. The van der Waals surface area contributed by atoms with Crippen LogP contribution in [0.3, 0.4) is 0 Å². The number of sulfone groups is 1. The molecule has 0 saturated heterocycles. The number of pyridine rings is 1. The molecule has 2 aromatic carbocycles. The van der Waals surface area contributed by atoms with Crippen molar-refractivity contribution in [3.63, 3.8) is 0 Å². The summed E-state index contributed by atoms with van der Waals surface area (Å²) in [4.78, 5) is 14.7. The van der Waals surface area contributed by atoms with Gasteiger partial charge in [-0.2, -0.15) is 0 Å². The highest BCUT2D eigenvalue weighted by Gasteiger charge is 2.24. The van der Waals surface area contributed by atoms with Gasteiger partial charge in [0.05, 0.1) is 19.1 Å². The summed E-state index contributed by atoms with van der Waals surface area (Å²) in [5, 5.41) is -0.0402. The van der Waals surface area contributed by atoms with Crippen molar-refractivity contribution in [3.8, 4) is 11.5 Å². The Morgan fingerprint density at radius 3 is 2.40 bits per heavy atom. The van der Waals surface area contributed by atoms with Gasteiger partial charge in [-0.1, -0.05) is 0 Å². The number of aromatic amines is 1. The Morgan fingerprint density at radius 1 is 1.00 bits per heavy atom. The third kappa shape index (κ3) is 2.85. The maximum Gasteiger partial charge on any atom is 0.212 e. The topological polar surface area (TPSA) is 85.5 Å². The second-order valence-corrected chi connectivity index (χ2v) is 7.11. The van der Waals surface area contributed by atoms with E-state index in [1.54, 1.807) is 0 Å². The molecule has 0 unspecified atom stereocenters. The molecule has 25 heavy (non-hydrogen) atoms. The summed E-state index contributed by atoms with van der Waals surface area (Å²) in [6, 6.07) is 7.57. The van der Waals surface area contributed by atoms with Crippen LogP contribution in [0.25, 0.3) is 10.9 Å². The Labute approximate surface area is 142 Å². The molecule has 0 fully saturated rings. The van der Waals surface area contributed by atoms with Gasteiger partial charge in [0.2, 0.25) is 15.3 Å². The molecule has 6 nitrogen and oxygen atoms in total. The lowest BCUT2D eigenvalue weighted by Gasteiger charge is -2.10. The van der Waals surface area contributed by atoms with Crippen LogP contribution in [0, 0.1) is 5.82 Å². The lowest BCUT2D eigenvalue weighted by molar-refractivity contribution is 0.354. The molecule has 3 rings (SSSR count). The van der Waals surface area contributed by atoms with Gasteiger partial charge in [0.25, 0.3) is 0 Å². The third-order valence-corrected chi connectivity index (χ3v) is 5.52. The molecule has 0 bridgehead atoms. The highest BCUT2D eigenvalue weighted by atomic mass is 32.2. The van der Waals surface area contributed by atoms with Crippen LogP contribution < -0.4 is 14.9 Å². The second-order valence-electron chi connectivity index (χ2n) is 5.19. The number of H-pyrrole nitrogens is 1. The van der Waals surface area contributed by atoms with E-state index in [1.807, 2.05) is 0 Å². The molecule has 1 aromatic heterocycles. The summed E-state index contributed by atoms with van der Waals surface area (Å²) in [5.74, 6) is -0.0542. The van der Waals surface area contributed by atoms with E-state index in [9.17, 15) is 17.6 Å². The second kappa shape index (κ2) is 6.21. The molecular weight excluding hydrogens is 349 g/mol. The van der Waals surface area contributed by atoms with Gasteiger partial charge in [0.15, 0.2) is 11.5 Å². The van der Waals surface area contributed by atoms with Crippen LogP contribution in [0.4, 0.5) is 4.39 Å². The van der Waals surface area contributed by atoms with E-state index in [0.29, 0.717) is 11.3 Å². The van der Waals surface area contributed by atoms with Crippen molar-refractivity contribution in [2.75, 3.05) is 14.2 Å². The SMILES string of the molecule is COc1ccc(S(=O)(=O)c2c[nH]c3ccc(F)cc3c2=O)cc1OC. The van der Waals surface area contributed by atoms with E-state index in [-0.39, 0.29) is 16.0 Å². The maximum atomic E-state index is 13.4. The molecule has 8 heteroatoms. The van der Waals surface area contributed by atoms with Gasteiger partial charge < -0.3 is 14.5 Å². The highest BCUT2D eigenvalue weighted by molar-refractivity contribution is 7.91. The fourth-order valence-electron chi connectivity index (χ4n) is 2.48. The first-order valence-electron chi connectivity index (χ1n) is 7.16. The van der Waals surface area contributed by atoms with E-state index < -0.39 is 26.0 Å². The fourth-order valence-corrected chi connectivity index (χ4v) is 3.81. The molecule has 0 aliphatic carbocycles. The average Bonchev–Trinajstić information content (AvgIpc) is 2.61. The van der Waals surface area contributed by atoms with Crippen molar-refractivity contribution in [1.29, 1.82) is 0 Å². The lowest BCUT2D eigenvalue weighted by Crippen LogP contribution is -2.16. The Hall–Kier alpha value is -2.87. The smallest absolute Gasteiger partial charge is 0.212 e. The molecule has 130 valence electrons. The summed E-state index contributed by atoms with van der Waals surface area (Å²) in [6.45, 7) is 0. The van der Waals surface area contributed by atoms with E-state index in [4.69, 9.17) is 9.47 Å². The molecule has 0 amide bonds. The van der Waals surface area contributed by atoms with Gasteiger partial charge in [0, 0.05) is 23.2 Å². The van der Waals surface area contributed by atoms with Gasteiger partial charge >= 0.3 is 0 Å². The minimum atomic E-state index is -4.13. The minimum Gasteiger partial charge on any atom is -0.493 e. The minimum absolute atomic E-state index is 0.0402. The standard InChI is InChI=1S/C17H14FNO5S/c1-23-14-6-4-11(8-15(14)24-2)25(21,22)16-9-19-13-5-3-10(18)7-12(13)17(16)20/h3-9H,1-2H3,(H,19,20). The summed E-state index contributed by atoms with van der Waals surface area (Å²) in [5.41, 5.74) is -0.430. The van der Waals surface area contributed by atoms with Gasteiger partial charge in [-0.15, -0.1) is 0 Å². The van der Waals surface area contributed by atoms with Gasteiger partial charge in [-0.05, 0) is 30.3 Å². The predicted molar refractivity (Wildman–Crippen MR) is 89.5 cm³/mol. The zero-order chi connectivity index (χ0) is 18.2. The first-order chi connectivity index (χ1) is 11.9. The van der Waals surface area contributed by atoms with Crippen LogP contribution in [0.2, 0.25) is 0 Å². The Balaban J connectivity index is 2.23. The predicted octanol–water partition coefficient (Wildman–Crippen LogP) is 2.52. The summed E-state index contributed by atoms with van der Waals surface area (Å²) in [7, 11) is -1.33. The monoisotopic (exact) mass is 363 g/mol. The molecule has 0 atom stereocenters. The van der Waals surface area contributed by atoms with E-state index in [0.717, 1.165) is 12.3 Å². The molecule has 3 aromatic rings. The molecule has 0 aliphatic heterocycles. The molecular formula is C17H14FNO5S. The van der Waals surface area contributed by atoms with E-state index in [1.165, 1.54) is 44.6 Å². The number of hydrogen-bond donors (Lipinski definition) is 1. The molecule has 1 N–H and O–H groups in total. The number of methoxy groups -OCH3 is 2. The van der Waals surface area contributed by atoms with Crippen molar-refractivity contribution in [1.82, 2.24) is 4.98 Å². The quantitative estimate of drug-likeness (QED) is 0.770. The number of nitrogens with one attached hydrogen (secondary N) is 1. The van der Waals surface area contributed by atoms with E-state index >= 15 is 0 Å². The van der Waals surface area contributed by atoms with Gasteiger partial charge in [0.1, 0.15) is 10.7 Å². The van der Waals surface area contributed by atoms with Crippen LogP contribution in [0.5, 0.6) is 11.5 Å². The van der Waals surface area contributed by atoms with Gasteiger partial charge in [-0.25, -0.2) is 12.8 Å². The number of benzene rings is 2. The Bertz CT molecular complexity index is 1120. The third-order valence-electron chi connectivity index (χ3n) is 3.76. The van der Waals surface area contributed by atoms with E-state index in [2.05, 4.69) is 4.98 Å². The number of fused-ring (bicyclic) bond motifs is 1. The first kappa shape index (κ1) is 17.0. The van der Waals surface area contributed by atoms with Crippen LogP contribution in [-0.4, -0.2) is 27.6 Å². The van der Waals surface area contributed by atoms with Crippen molar-refractivity contribution < 1.29 is 22.3 Å². The Morgan fingerprint density at radius 2 is 1.72 bits per heavy atom. The largest absolute Gasteiger partial charge is 0.493 e. The number of rotatable bonds is 4. The lowest BCUT2D eigenvalue weighted by atomic mass is 10.2. The number of hydrogen-bond acceptors (Lipinski definition) is 5. The van der Waals surface area contributed by atoms with Crippen LogP contribution in [0.15, 0.2) is 57.2 Å². The highest BCUT2D eigenvalue weighted by Crippen LogP contribution is 2.31. The normalized spacial score (nSPS) is 11.5. The van der Waals surface area contributed by atoms with Gasteiger partial charge in [-0.3, -0.25) is 4.79 Å². The van der Waals surface area contributed by atoms with Crippen molar-refractivity contribution in [2.24, 2.45) is 0 Å². The number of halogens is 1. The van der Waals surface area contributed by atoms with Crippen LogP contribution in [0.1, 0.15) is 0 Å². The molecule has 0 spiro atoms. The molecule has 1 heterocycles. The van der Waals surface area contributed by atoms with Crippen molar-refractivity contribution in [2.45, 2.75) is 9.79 Å². The van der Waals surface area contributed by atoms with Crippen molar-refractivity contribution in [3.05, 3.63) is 58.6 Å². The molecule has 0 aliphatic rings. The summed E-state index contributed by atoms with van der Waals surface area (Å²) in [6.07, 6.45) is 1.11. The summed E-state index contributed by atoms with van der Waals surface area (Å²) < 4.78 is 49.3. The Kier molecular flexibility index (Phi) is 4.22. The maximum absolute atomic E-state index is 13.4. The molecule has 0 saturated carbocycles. The van der Waals surface area contributed by atoms with Crippen LogP contribution in [-0.2, 0) is 9.84 Å². The zero-order valence-corrected chi connectivity index (χ0v) is 14.2. The zero-order valence-electron chi connectivity index (χ0n) is 13.4. The number of aromatic nitrogens is 1. The number of ether oxygens (including phenoxy) is 2.